The van der Waals surface area contributed by atoms with Crippen LogP contribution in [0.5, 0.6) is 0 Å². The highest BCUT2D eigenvalue weighted by Crippen LogP contribution is 2.26. The number of pyridine rings is 1. The number of sulfonamides is 1. The highest BCUT2D eigenvalue weighted by atomic mass is 127. The van der Waals surface area contributed by atoms with Crippen LogP contribution in [-0.4, -0.2) is 30.2 Å². The Morgan fingerprint density at radius 1 is 1.08 bits per heavy atom. The maximum atomic E-state index is 15.2. The number of nitrogens with zero attached hydrogens (tertiary/aromatic N) is 1. The van der Waals surface area contributed by atoms with Crippen molar-refractivity contribution in [1.29, 1.82) is 0 Å². The molecule has 0 saturated heterocycles. The minimum absolute atomic E-state index is 0.0104. The minimum atomic E-state index is -3.74. The number of hydrogen-bond donors (Lipinski definition) is 3. The number of halogens is 3. The number of aromatic nitrogens is 1. The summed E-state index contributed by atoms with van der Waals surface area (Å²) in [4.78, 5) is 31.9. The van der Waals surface area contributed by atoms with Crippen LogP contribution in [0.3, 0.4) is 0 Å². The van der Waals surface area contributed by atoms with Crippen LogP contribution in [0.1, 0.15) is 49.2 Å². The van der Waals surface area contributed by atoms with Crippen molar-refractivity contribution in [2.45, 2.75) is 39.7 Å². The summed E-state index contributed by atoms with van der Waals surface area (Å²) in [5.74, 6) is -2.42. The van der Waals surface area contributed by atoms with Crippen molar-refractivity contribution in [3.05, 3.63) is 84.7 Å². The van der Waals surface area contributed by atoms with E-state index in [1.165, 1.54) is 50.4 Å². The molecule has 3 aromatic rings. The molecule has 0 bridgehead atoms. The van der Waals surface area contributed by atoms with Crippen LogP contribution in [0.25, 0.3) is 0 Å². The Hall–Kier alpha value is -3.04. The number of anilines is 3. The molecule has 13 heteroatoms. The van der Waals surface area contributed by atoms with E-state index in [1.807, 2.05) is 22.6 Å². The molecule has 3 rings (SSSR count). The Morgan fingerprint density at radius 3 is 2.38 bits per heavy atom. The first kappa shape index (κ1) is 30.5. The summed E-state index contributed by atoms with van der Waals surface area (Å²) in [6.45, 7) is 6.59. The molecule has 0 aliphatic carbocycles. The molecule has 1 amide bonds. The van der Waals surface area contributed by atoms with Gasteiger partial charge in [-0.25, -0.2) is 22.7 Å². The van der Waals surface area contributed by atoms with Crippen LogP contribution >= 0.6 is 22.6 Å². The molecular weight excluding hydrogens is 645 g/mol. The molecule has 3 N–H and O–H groups in total. The Morgan fingerprint density at radius 2 is 1.77 bits per heavy atom. The van der Waals surface area contributed by atoms with Gasteiger partial charge < -0.3 is 5.32 Å². The predicted octanol–water partition coefficient (Wildman–Crippen LogP) is 4.82. The van der Waals surface area contributed by atoms with E-state index in [1.54, 1.807) is 26.8 Å². The SMILES string of the molecule is CCS(=O)(=O)Nc1cccc(Cc2cc(C(=O)NOC(C)(C)C)c(Nc3ccc(I)cc3F)n(C)c2=O)c1F. The fourth-order valence-electron chi connectivity index (χ4n) is 3.47. The van der Waals surface area contributed by atoms with Gasteiger partial charge in [-0.15, -0.1) is 0 Å². The molecule has 0 radical (unpaired) electrons. The molecule has 9 nitrogen and oxygen atoms in total. The number of carbonyl (C=O) groups is 1. The Labute approximate surface area is 239 Å². The highest BCUT2D eigenvalue weighted by Gasteiger charge is 2.23. The van der Waals surface area contributed by atoms with Crippen LogP contribution < -0.4 is 21.1 Å². The van der Waals surface area contributed by atoms with E-state index in [-0.39, 0.29) is 46.1 Å². The van der Waals surface area contributed by atoms with Gasteiger partial charge in [-0.3, -0.25) is 23.7 Å². The lowest BCUT2D eigenvalue weighted by Crippen LogP contribution is -2.35. The summed E-state index contributed by atoms with van der Waals surface area (Å²) in [6.07, 6.45) is -0.251. The molecule has 0 aliphatic heterocycles. The molecule has 39 heavy (non-hydrogen) atoms. The average molecular weight is 675 g/mol. The zero-order chi connectivity index (χ0) is 29.1. The topological polar surface area (TPSA) is 119 Å². The number of hydrogen-bond acceptors (Lipinski definition) is 6. The molecule has 0 saturated carbocycles. The second-order valence-electron chi connectivity index (χ2n) is 9.65. The van der Waals surface area contributed by atoms with E-state index < -0.39 is 38.7 Å². The fourth-order valence-corrected chi connectivity index (χ4v) is 4.56. The van der Waals surface area contributed by atoms with E-state index in [2.05, 4.69) is 15.5 Å². The van der Waals surface area contributed by atoms with E-state index in [9.17, 15) is 22.4 Å². The first-order valence-electron chi connectivity index (χ1n) is 11.8. The molecule has 0 spiro atoms. The number of carbonyl (C=O) groups excluding carboxylic acids is 1. The molecular formula is C26H29F2IN4O5S. The van der Waals surface area contributed by atoms with E-state index >= 15 is 4.39 Å². The maximum absolute atomic E-state index is 15.2. The molecule has 2 aromatic carbocycles. The number of rotatable bonds is 9. The molecule has 1 aromatic heterocycles. The molecule has 0 fully saturated rings. The number of nitrogens with one attached hydrogen (secondary N) is 3. The van der Waals surface area contributed by atoms with Crippen LogP contribution in [-0.2, 0) is 28.3 Å². The fraction of sp³-hybridized carbons (Fsp3) is 0.308. The summed E-state index contributed by atoms with van der Waals surface area (Å²) in [5, 5.41) is 2.82. The van der Waals surface area contributed by atoms with Crippen molar-refractivity contribution in [1.82, 2.24) is 10.0 Å². The summed E-state index contributed by atoms with van der Waals surface area (Å²) in [7, 11) is -2.35. The van der Waals surface area contributed by atoms with E-state index in [4.69, 9.17) is 4.84 Å². The lowest BCUT2D eigenvalue weighted by molar-refractivity contribution is -0.0589. The van der Waals surface area contributed by atoms with Gasteiger partial charge in [0.15, 0.2) is 5.82 Å². The Kier molecular flexibility index (Phi) is 9.39. The van der Waals surface area contributed by atoms with Crippen LogP contribution in [0.4, 0.5) is 26.0 Å². The average Bonchev–Trinajstić information content (AvgIpc) is 2.85. The normalized spacial score (nSPS) is 11.8. The van der Waals surface area contributed by atoms with Gasteiger partial charge in [0, 0.05) is 22.6 Å². The molecule has 210 valence electrons. The molecule has 0 unspecified atom stereocenters. The van der Waals surface area contributed by atoms with Crippen molar-refractivity contribution in [3.8, 4) is 0 Å². The van der Waals surface area contributed by atoms with Crippen molar-refractivity contribution in [2.24, 2.45) is 7.05 Å². The quantitative estimate of drug-likeness (QED) is 0.221. The minimum Gasteiger partial charge on any atom is -0.339 e. The van der Waals surface area contributed by atoms with Gasteiger partial charge in [-0.1, -0.05) is 12.1 Å². The Bertz CT molecular complexity index is 1570. The standard InChI is InChI=1S/C26H29F2IN4O5S/c1-6-39(36,37)32-21-9-7-8-15(22(21)28)12-16-13-18(24(34)31-38-26(2,3)4)23(33(5)25(16)35)30-20-11-10-17(29)14-19(20)27/h7-11,13-14,30,32H,6,12H2,1-5H3,(H,31,34). The number of benzene rings is 2. The maximum Gasteiger partial charge on any atom is 0.278 e. The summed E-state index contributed by atoms with van der Waals surface area (Å²) < 4.78 is 57.7. The van der Waals surface area contributed by atoms with Crippen LogP contribution in [0.2, 0.25) is 0 Å². The van der Waals surface area contributed by atoms with Gasteiger partial charge in [0.1, 0.15) is 11.6 Å². The molecule has 0 aliphatic rings. The predicted molar refractivity (Wildman–Crippen MR) is 155 cm³/mol. The first-order valence-corrected chi connectivity index (χ1v) is 14.6. The van der Waals surface area contributed by atoms with Crippen molar-refractivity contribution < 1.29 is 26.8 Å². The van der Waals surface area contributed by atoms with Gasteiger partial charge in [0.2, 0.25) is 10.0 Å². The van der Waals surface area contributed by atoms with Gasteiger partial charge in [0.25, 0.3) is 11.5 Å². The van der Waals surface area contributed by atoms with Crippen LogP contribution in [0, 0.1) is 15.2 Å². The largest absolute Gasteiger partial charge is 0.339 e. The van der Waals surface area contributed by atoms with Crippen LogP contribution in [0.15, 0.2) is 47.3 Å². The molecule has 0 atom stereocenters. The molecule has 1 heterocycles. The van der Waals surface area contributed by atoms with Gasteiger partial charge >= 0.3 is 0 Å². The zero-order valence-electron chi connectivity index (χ0n) is 22.0. The second-order valence-corrected chi connectivity index (χ2v) is 12.9. The van der Waals surface area contributed by atoms with Gasteiger partial charge in [-0.2, -0.15) is 0 Å². The number of amides is 1. The van der Waals surface area contributed by atoms with Gasteiger partial charge in [-0.05, 0) is 86.2 Å². The second kappa shape index (κ2) is 12.0. The summed E-state index contributed by atoms with van der Waals surface area (Å²) in [5.41, 5.74) is 0.830. The lowest BCUT2D eigenvalue weighted by Gasteiger charge is -2.21. The van der Waals surface area contributed by atoms with Gasteiger partial charge in [0.05, 0.1) is 28.3 Å². The van der Waals surface area contributed by atoms with E-state index in [0.29, 0.717) is 3.57 Å². The first-order chi connectivity index (χ1) is 18.1. The smallest absolute Gasteiger partial charge is 0.278 e. The van der Waals surface area contributed by atoms with Crippen molar-refractivity contribution >= 4 is 55.7 Å². The van der Waals surface area contributed by atoms with E-state index in [0.717, 1.165) is 4.57 Å². The summed E-state index contributed by atoms with van der Waals surface area (Å²) in [6, 6.07) is 9.84. The Balaban J connectivity index is 2.10. The van der Waals surface area contributed by atoms with Crippen molar-refractivity contribution in [3.63, 3.8) is 0 Å². The lowest BCUT2D eigenvalue weighted by atomic mass is 10.0. The third kappa shape index (κ3) is 7.76. The highest BCUT2D eigenvalue weighted by molar-refractivity contribution is 14.1. The number of hydroxylamine groups is 1. The zero-order valence-corrected chi connectivity index (χ0v) is 25.0. The summed E-state index contributed by atoms with van der Waals surface area (Å²) >= 11 is 1.96. The third-order valence-corrected chi connectivity index (χ3v) is 7.43. The van der Waals surface area contributed by atoms with Crippen molar-refractivity contribution in [2.75, 3.05) is 15.8 Å². The third-order valence-electron chi connectivity index (χ3n) is 5.47. The monoisotopic (exact) mass is 674 g/mol.